The van der Waals surface area contributed by atoms with E-state index in [0.717, 1.165) is 35.7 Å². The minimum Gasteiger partial charge on any atom is -0.466 e. The summed E-state index contributed by atoms with van der Waals surface area (Å²) in [5, 5.41) is 0.930. The Kier molecular flexibility index (Phi) is 11.5. The molecule has 0 bridgehead atoms. The second-order valence-corrected chi connectivity index (χ2v) is 13.6. The van der Waals surface area contributed by atoms with Crippen molar-refractivity contribution in [1.29, 1.82) is 0 Å². The zero-order valence-corrected chi connectivity index (χ0v) is 28.7. The number of fused-ring (bicyclic) bond motifs is 1. The first-order valence-electron chi connectivity index (χ1n) is 17.3. The van der Waals surface area contributed by atoms with Gasteiger partial charge in [-0.2, -0.15) is 0 Å². The number of ketones is 1. The van der Waals surface area contributed by atoms with Crippen molar-refractivity contribution in [3.63, 3.8) is 0 Å². The third-order valence-electron chi connectivity index (χ3n) is 8.80. The highest BCUT2D eigenvalue weighted by molar-refractivity contribution is 6.16. The fourth-order valence-electron chi connectivity index (χ4n) is 6.61. The monoisotopic (exact) mass is 627 g/mol. The van der Waals surface area contributed by atoms with E-state index in [0.29, 0.717) is 49.0 Å². The molecular weight excluding hydrogens is 578 g/mol. The lowest BCUT2D eigenvalue weighted by atomic mass is 9.84. The maximum absolute atomic E-state index is 14.1. The first kappa shape index (κ1) is 33.9. The third kappa shape index (κ3) is 8.88. The summed E-state index contributed by atoms with van der Waals surface area (Å²) in [6.07, 6.45) is 5.89. The summed E-state index contributed by atoms with van der Waals surface area (Å²) in [6, 6.07) is 34.4. The molecule has 4 nitrogen and oxygen atoms in total. The van der Waals surface area contributed by atoms with E-state index in [1.54, 1.807) is 0 Å². The van der Waals surface area contributed by atoms with Gasteiger partial charge in [-0.1, -0.05) is 113 Å². The Bertz CT molecular complexity index is 1720. The molecule has 0 aliphatic rings. The average Bonchev–Trinajstić information content (AvgIpc) is 3.42. The molecular formula is C43H49NO3. The van der Waals surface area contributed by atoms with Crippen LogP contribution in [-0.4, -0.2) is 22.9 Å². The Morgan fingerprint density at radius 2 is 1.32 bits per heavy atom. The van der Waals surface area contributed by atoms with E-state index in [4.69, 9.17) is 4.74 Å². The molecule has 4 aromatic carbocycles. The molecule has 0 unspecified atom stereocenters. The van der Waals surface area contributed by atoms with Gasteiger partial charge in [0.25, 0.3) is 0 Å². The number of hydrogen-bond acceptors (Lipinski definition) is 3. The first-order chi connectivity index (χ1) is 22.7. The normalized spacial score (nSPS) is 11.6. The summed E-state index contributed by atoms with van der Waals surface area (Å²) in [5.41, 5.74) is 8.81. The number of ether oxygens (including phenoxy) is 1. The summed E-state index contributed by atoms with van der Waals surface area (Å²) in [4.78, 5) is 26.0. The zero-order valence-electron chi connectivity index (χ0n) is 28.7. The predicted molar refractivity (Wildman–Crippen MR) is 193 cm³/mol. The Morgan fingerprint density at radius 3 is 1.91 bits per heavy atom. The number of aryl methyl sites for hydroxylation is 1. The van der Waals surface area contributed by atoms with Crippen LogP contribution < -0.4 is 0 Å². The standard InChI is InChI=1S/C43H49NO3/c1-6-47-42(45)15-10-24-44-29-40(38-13-7-8-14-41(38)44)43(46)37-12-9-11-34(27-37)28-39(35-20-16-32(17-21-35)25-30(2)3)36-22-18-33(19-23-36)26-31(4)5/h7-9,11-14,16-23,27,29-31,39H,6,10,15,24-26,28H2,1-5H3. The Labute approximate surface area is 280 Å². The van der Waals surface area contributed by atoms with Crippen LogP contribution in [0.1, 0.15) is 97.1 Å². The number of carbonyl (C=O) groups is 2. The quantitative estimate of drug-likeness (QED) is 0.0857. The van der Waals surface area contributed by atoms with Crippen molar-refractivity contribution < 1.29 is 14.3 Å². The van der Waals surface area contributed by atoms with Crippen LogP contribution in [0.15, 0.2) is 103 Å². The van der Waals surface area contributed by atoms with E-state index in [2.05, 4.69) is 92.9 Å². The third-order valence-corrected chi connectivity index (χ3v) is 8.80. The molecule has 5 rings (SSSR count). The molecule has 0 N–H and O–H groups in total. The molecule has 0 fully saturated rings. The van der Waals surface area contributed by atoms with E-state index in [1.165, 1.54) is 22.3 Å². The Hall–Kier alpha value is -4.44. The molecule has 0 radical (unpaired) electrons. The smallest absolute Gasteiger partial charge is 0.305 e. The number of hydrogen-bond donors (Lipinski definition) is 0. The predicted octanol–water partition coefficient (Wildman–Crippen LogP) is 9.99. The summed E-state index contributed by atoms with van der Waals surface area (Å²) in [5.74, 6) is 1.23. The summed E-state index contributed by atoms with van der Waals surface area (Å²) in [6.45, 7) is 11.9. The largest absolute Gasteiger partial charge is 0.466 e. The minimum atomic E-state index is -0.187. The molecule has 1 aromatic heterocycles. The van der Waals surface area contributed by atoms with Crippen molar-refractivity contribution in [1.82, 2.24) is 4.57 Å². The van der Waals surface area contributed by atoms with Gasteiger partial charge in [0.05, 0.1) is 6.61 Å². The van der Waals surface area contributed by atoms with Crippen LogP contribution in [0, 0.1) is 11.8 Å². The van der Waals surface area contributed by atoms with Gasteiger partial charge in [0.15, 0.2) is 5.78 Å². The highest BCUT2D eigenvalue weighted by atomic mass is 16.5. The van der Waals surface area contributed by atoms with Crippen LogP contribution in [0.2, 0.25) is 0 Å². The number of aromatic nitrogens is 1. The molecule has 47 heavy (non-hydrogen) atoms. The van der Waals surface area contributed by atoms with Gasteiger partial charge in [-0.15, -0.1) is 0 Å². The van der Waals surface area contributed by atoms with Crippen molar-refractivity contribution in [3.8, 4) is 0 Å². The fraction of sp³-hybridized carbons (Fsp3) is 0.349. The number of benzene rings is 4. The van der Waals surface area contributed by atoms with Crippen LogP contribution in [0.25, 0.3) is 10.9 Å². The first-order valence-corrected chi connectivity index (χ1v) is 17.3. The number of nitrogens with zero attached hydrogens (tertiary/aromatic N) is 1. The van der Waals surface area contributed by atoms with Gasteiger partial charge >= 0.3 is 5.97 Å². The fourth-order valence-corrected chi connectivity index (χ4v) is 6.61. The minimum absolute atomic E-state index is 0.0137. The molecule has 244 valence electrons. The molecule has 0 spiro atoms. The van der Waals surface area contributed by atoms with Crippen molar-refractivity contribution in [2.45, 2.75) is 79.2 Å². The van der Waals surface area contributed by atoms with Gasteiger partial charge in [-0.25, -0.2) is 0 Å². The number of esters is 1. The highest BCUT2D eigenvalue weighted by Crippen LogP contribution is 2.31. The van der Waals surface area contributed by atoms with E-state index in [-0.39, 0.29) is 17.7 Å². The molecule has 1 heterocycles. The van der Waals surface area contributed by atoms with E-state index in [9.17, 15) is 9.59 Å². The van der Waals surface area contributed by atoms with Gasteiger partial charge < -0.3 is 9.30 Å². The number of para-hydroxylation sites is 1. The zero-order chi connectivity index (χ0) is 33.3. The summed E-state index contributed by atoms with van der Waals surface area (Å²) >= 11 is 0. The molecule has 0 aliphatic carbocycles. The lowest BCUT2D eigenvalue weighted by molar-refractivity contribution is -0.143. The topological polar surface area (TPSA) is 48.3 Å². The van der Waals surface area contributed by atoms with Crippen molar-refractivity contribution >= 4 is 22.7 Å². The Morgan fingerprint density at radius 1 is 0.702 bits per heavy atom. The second kappa shape index (κ2) is 15.9. The second-order valence-electron chi connectivity index (χ2n) is 13.6. The van der Waals surface area contributed by atoms with Gasteiger partial charge in [0.2, 0.25) is 0 Å². The Balaban J connectivity index is 1.42. The lowest BCUT2D eigenvalue weighted by Crippen LogP contribution is -2.08. The molecule has 0 amide bonds. The molecule has 0 aliphatic heterocycles. The number of rotatable bonds is 15. The summed E-state index contributed by atoms with van der Waals surface area (Å²) < 4.78 is 7.19. The van der Waals surface area contributed by atoms with Crippen LogP contribution in [0.5, 0.6) is 0 Å². The molecule has 4 heteroatoms. The van der Waals surface area contributed by atoms with E-state index >= 15 is 0 Å². The molecule has 0 saturated carbocycles. The molecule has 0 atom stereocenters. The lowest BCUT2D eigenvalue weighted by Gasteiger charge is -2.20. The van der Waals surface area contributed by atoms with Crippen LogP contribution in [-0.2, 0) is 35.3 Å². The molecule has 0 saturated heterocycles. The maximum atomic E-state index is 14.1. The van der Waals surface area contributed by atoms with Crippen LogP contribution in [0.3, 0.4) is 0 Å². The van der Waals surface area contributed by atoms with Gasteiger partial charge in [-0.3, -0.25) is 9.59 Å². The van der Waals surface area contributed by atoms with Gasteiger partial charge in [0.1, 0.15) is 0 Å². The van der Waals surface area contributed by atoms with Gasteiger partial charge in [-0.05, 0) is 84.4 Å². The maximum Gasteiger partial charge on any atom is 0.305 e. The van der Waals surface area contributed by atoms with Crippen LogP contribution in [0.4, 0.5) is 0 Å². The van der Waals surface area contributed by atoms with Crippen molar-refractivity contribution in [3.05, 3.63) is 142 Å². The average molecular weight is 628 g/mol. The van der Waals surface area contributed by atoms with Crippen molar-refractivity contribution in [2.75, 3.05) is 6.61 Å². The summed E-state index contributed by atoms with van der Waals surface area (Å²) in [7, 11) is 0. The SMILES string of the molecule is CCOC(=O)CCCn1cc(C(=O)c2cccc(CC(c3ccc(CC(C)C)cc3)c3ccc(CC(C)C)cc3)c2)c2ccccc21. The van der Waals surface area contributed by atoms with Crippen molar-refractivity contribution in [2.24, 2.45) is 11.8 Å². The highest BCUT2D eigenvalue weighted by Gasteiger charge is 2.20. The molecule has 5 aromatic rings. The van der Waals surface area contributed by atoms with E-state index < -0.39 is 0 Å². The van der Waals surface area contributed by atoms with Gasteiger partial charge in [0, 0.05) is 47.1 Å². The van der Waals surface area contributed by atoms with Crippen LogP contribution >= 0.6 is 0 Å². The number of carbonyl (C=O) groups excluding carboxylic acids is 2. The van der Waals surface area contributed by atoms with E-state index in [1.807, 2.05) is 49.5 Å².